The van der Waals surface area contributed by atoms with Crippen LogP contribution in [0.3, 0.4) is 0 Å². The van der Waals surface area contributed by atoms with Crippen molar-refractivity contribution in [2.75, 3.05) is 6.61 Å². The predicted octanol–water partition coefficient (Wildman–Crippen LogP) is 4.38. The van der Waals surface area contributed by atoms with Crippen LogP contribution >= 0.6 is 15.9 Å². The zero-order valence-corrected chi connectivity index (χ0v) is 17.2. The van der Waals surface area contributed by atoms with Crippen LogP contribution in [0.15, 0.2) is 47.1 Å². The lowest BCUT2D eigenvalue weighted by Crippen LogP contribution is -2.34. The average Bonchev–Trinajstić information content (AvgIpc) is 3.00. The van der Waals surface area contributed by atoms with Crippen molar-refractivity contribution >= 4 is 38.5 Å². The summed E-state index contributed by atoms with van der Waals surface area (Å²) in [6.07, 6.45) is 1.67. The van der Waals surface area contributed by atoms with E-state index in [0.717, 1.165) is 9.99 Å². The lowest BCUT2D eigenvalue weighted by Gasteiger charge is -2.20. The van der Waals surface area contributed by atoms with Crippen molar-refractivity contribution in [1.82, 2.24) is 4.57 Å². The summed E-state index contributed by atoms with van der Waals surface area (Å²) in [4.78, 5) is 22.9. The molecule has 0 fully saturated rings. The Kier molecular flexibility index (Phi) is 5.27. The number of benzene rings is 2. The van der Waals surface area contributed by atoms with Crippen molar-refractivity contribution in [3.05, 3.63) is 68.3 Å². The minimum absolute atomic E-state index is 0.000741. The number of halogens is 1. The van der Waals surface area contributed by atoms with Crippen LogP contribution in [0.4, 0.5) is 5.69 Å². The molecule has 0 amide bonds. The molecule has 0 bridgehead atoms. The molecule has 1 N–H and O–H groups in total. The summed E-state index contributed by atoms with van der Waals surface area (Å²) in [7, 11) is 0. The minimum atomic E-state index is -1.85. The Balaban J connectivity index is 2.26. The number of nitrogens with zero attached hydrogens (tertiary/aromatic N) is 2. The second kappa shape index (κ2) is 7.37. The molecule has 3 aromatic rings. The Labute approximate surface area is 169 Å². The molecule has 0 saturated heterocycles. The second-order valence-corrected chi connectivity index (χ2v) is 7.51. The third-order valence-electron chi connectivity index (χ3n) is 4.61. The number of nitro groups is 1. The quantitative estimate of drug-likeness (QED) is 0.356. The largest absolute Gasteiger partial charge is 0.464 e. The van der Waals surface area contributed by atoms with Crippen molar-refractivity contribution < 1.29 is 19.6 Å². The normalized spacial score (nSPS) is 13.3. The molecular weight excluding hydrogens is 428 g/mol. The Morgan fingerprint density at radius 2 is 2.04 bits per heavy atom. The summed E-state index contributed by atoms with van der Waals surface area (Å²) in [5.41, 5.74) is 0.689. The Morgan fingerprint density at radius 1 is 1.32 bits per heavy atom. The molecule has 0 aliphatic rings. The molecule has 7 nitrogen and oxygen atoms in total. The molecule has 0 spiro atoms. The van der Waals surface area contributed by atoms with E-state index in [9.17, 15) is 20.0 Å². The Bertz CT molecular complexity index is 1090. The summed E-state index contributed by atoms with van der Waals surface area (Å²) in [6.45, 7) is 5.00. The average molecular weight is 447 g/mol. The molecule has 2 aromatic carbocycles. The third kappa shape index (κ3) is 3.41. The van der Waals surface area contributed by atoms with Crippen LogP contribution in [0.5, 0.6) is 0 Å². The number of ether oxygens (including phenoxy) is 1. The highest BCUT2D eigenvalue weighted by molar-refractivity contribution is 9.10. The smallest absolute Gasteiger partial charge is 0.342 e. The van der Waals surface area contributed by atoms with Crippen molar-refractivity contribution in [1.29, 1.82) is 0 Å². The summed E-state index contributed by atoms with van der Waals surface area (Å²) in [6, 6.07) is 10.1. The molecule has 28 heavy (non-hydrogen) atoms. The van der Waals surface area contributed by atoms with Gasteiger partial charge in [-0.3, -0.25) is 10.1 Å². The molecule has 8 heteroatoms. The molecular formula is C20H19BrN2O5. The van der Waals surface area contributed by atoms with Gasteiger partial charge in [-0.2, -0.15) is 0 Å². The first-order valence-corrected chi connectivity index (χ1v) is 9.42. The van der Waals surface area contributed by atoms with E-state index in [0.29, 0.717) is 22.2 Å². The van der Waals surface area contributed by atoms with Crippen LogP contribution in [-0.2, 0) is 15.1 Å². The lowest BCUT2D eigenvalue weighted by molar-refractivity contribution is -0.384. The number of aryl methyl sites for hydroxylation is 1. The maximum absolute atomic E-state index is 12.4. The van der Waals surface area contributed by atoms with E-state index in [1.807, 2.05) is 22.8 Å². The number of aliphatic hydroxyl groups is 1. The van der Waals surface area contributed by atoms with E-state index in [4.69, 9.17) is 4.74 Å². The van der Waals surface area contributed by atoms with Gasteiger partial charge in [0.15, 0.2) is 5.60 Å². The molecule has 3 rings (SSSR count). The highest BCUT2D eigenvalue weighted by Gasteiger charge is 2.37. The van der Waals surface area contributed by atoms with Crippen LogP contribution in [0.2, 0.25) is 0 Å². The minimum Gasteiger partial charge on any atom is -0.464 e. The number of esters is 1. The number of hydrogen-bond donors (Lipinski definition) is 1. The first-order chi connectivity index (χ1) is 13.2. The molecule has 0 saturated carbocycles. The van der Waals surface area contributed by atoms with Gasteiger partial charge >= 0.3 is 5.97 Å². The van der Waals surface area contributed by atoms with E-state index in [1.165, 1.54) is 19.1 Å². The number of non-ortho nitro benzene ring substituents is 1. The maximum atomic E-state index is 12.4. The third-order valence-corrected chi connectivity index (χ3v) is 5.11. The number of carbonyl (C=O) groups is 1. The van der Waals surface area contributed by atoms with Gasteiger partial charge < -0.3 is 14.4 Å². The number of rotatable bonds is 5. The number of carbonyl (C=O) groups excluding carboxylic acids is 1. The van der Waals surface area contributed by atoms with Crippen molar-refractivity contribution in [2.45, 2.75) is 26.4 Å². The van der Waals surface area contributed by atoms with Gasteiger partial charge in [0.25, 0.3) is 5.69 Å². The number of aromatic nitrogens is 1. The number of fused-ring (bicyclic) bond motifs is 1. The fourth-order valence-corrected chi connectivity index (χ4v) is 3.56. The molecule has 0 aliphatic heterocycles. The van der Waals surface area contributed by atoms with Crippen molar-refractivity contribution in [3.8, 4) is 5.69 Å². The van der Waals surface area contributed by atoms with E-state index in [-0.39, 0.29) is 12.3 Å². The lowest BCUT2D eigenvalue weighted by atomic mass is 9.96. The van der Waals surface area contributed by atoms with E-state index in [1.54, 1.807) is 26.1 Å². The highest BCUT2D eigenvalue weighted by atomic mass is 79.9. The van der Waals surface area contributed by atoms with Crippen molar-refractivity contribution in [2.24, 2.45) is 0 Å². The van der Waals surface area contributed by atoms with Gasteiger partial charge in [-0.25, -0.2) is 4.79 Å². The van der Waals surface area contributed by atoms with Crippen LogP contribution in [0.25, 0.3) is 16.6 Å². The van der Waals surface area contributed by atoms with Gasteiger partial charge in [0.1, 0.15) is 0 Å². The molecule has 1 unspecified atom stereocenters. The monoisotopic (exact) mass is 446 g/mol. The Hall–Kier alpha value is -2.71. The van der Waals surface area contributed by atoms with Crippen molar-refractivity contribution in [3.63, 3.8) is 0 Å². The fraction of sp³-hybridized carbons (Fsp3) is 0.250. The molecule has 1 aromatic heterocycles. The van der Waals surface area contributed by atoms with Crippen LogP contribution in [0, 0.1) is 17.0 Å². The van der Waals surface area contributed by atoms with E-state index >= 15 is 0 Å². The summed E-state index contributed by atoms with van der Waals surface area (Å²) < 4.78 is 7.64. The van der Waals surface area contributed by atoms with E-state index < -0.39 is 16.5 Å². The molecule has 0 aliphatic carbocycles. The molecule has 1 atom stereocenters. The first kappa shape index (κ1) is 20.0. The zero-order valence-electron chi connectivity index (χ0n) is 15.6. The van der Waals surface area contributed by atoms with E-state index in [2.05, 4.69) is 15.9 Å². The first-order valence-electron chi connectivity index (χ1n) is 8.63. The van der Waals surface area contributed by atoms with Gasteiger partial charge in [0, 0.05) is 39.4 Å². The topological polar surface area (TPSA) is 94.6 Å². The highest BCUT2D eigenvalue weighted by Crippen LogP contribution is 2.36. The van der Waals surface area contributed by atoms with Crippen LogP contribution in [-0.4, -0.2) is 27.2 Å². The standard InChI is InChI=1S/C20H19BrN2O5/c1-4-28-19(24)20(3,25)16-11-22(18-7-5-13(21)10-15(16)18)17-8-6-14(23(26)27)9-12(17)2/h5-11,25H,4H2,1-3H3. The zero-order chi connectivity index (χ0) is 20.6. The second-order valence-electron chi connectivity index (χ2n) is 6.59. The summed E-state index contributed by atoms with van der Waals surface area (Å²) in [5, 5.41) is 22.6. The number of hydrogen-bond acceptors (Lipinski definition) is 5. The maximum Gasteiger partial charge on any atom is 0.342 e. The fourth-order valence-electron chi connectivity index (χ4n) is 3.19. The van der Waals surface area contributed by atoms with Gasteiger partial charge in [-0.1, -0.05) is 15.9 Å². The summed E-state index contributed by atoms with van der Waals surface area (Å²) >= 11 is 3.42. The summed E-state index contributed by atoms with van der Waals surface area (Å²) in [5.74, 6) is -0.741. The molecule has 146 valence electrons. The van der Waals surface area contributed by atoms with Crippen LogP contribution in [0.1, 0.15) is 25.0 Å². The van der Waals surface area contributed by atoms with Crippen LogP contribution < -0.4 is 0 Å². The van der Waals surface area contributed by atoms with Gasteiger partial charge in [0.05, 0.1) is 17.0 Å². The van der Waals surface area contributed by atoms with Gasteiger partial charge in [-0.05, 0) is 50.6 Å². The van der Waals surface area contributed by atoms with Gasteiger partial charge in [0.2, 0.25) is 0 Å². The van der Waals surface area contributed by atoms with Gasteiger partial charge in [-0.15, -0.1) is 0 Å². The SMILES string of the molecule is CCOC(=O)C(C)(O)c1cn(-c2ccc([N+](=O)[O-])cc2C)c2ccc(Br)cc12. The predicted molar refractivity (Wildman–Crippen MR) is 109 cm³/mol. The molecule has 0 radical (unpaired) electrons. The number of nitro benzene ring substituents is 1. The Morgan fingerprint density at radius 3 is 2.64 bits per heavy atom. The molecule has 1 heterocycles.